The molecule has 1 rings (SSSR count). The van der Waals surface area contributed by atoms with E-state index in [-0.39, 0.29) is 30.8 Å². The summed E-state index contributed by atoms with van der Waals surface area (Å²) in [4.78, 5) is 38.8. The van der Waals surface area contributed by atoms with E-state index in [4.69, 9.17) is 9.47 Å². The normalized spacial score (nSPS) is 20.9. The molecule has 1 heterocycles. The van der Waals surface area contributed by atoms with Crippen LogP contribution in [0, 0.1) is 0 Å². The third kappa shape index (κ3) is 5.82. The van der Waals surface area contributed by atoms with Crippen LogP contribution < -0.4 is 0 Å². The topological polar surface area (TPSA) is 76.2 Å². The van der Waals surface area contributed by atoms with E-state index in [1.807, 2.05) is 27.7 Å². The highest BCUT2D eigenvalue weighted by Crippen LogP contribution is 2.18. The second kappa shape index (κ2) is 8.29. The molecule has 0 aromatic rings. The highest BCUT2D eigenvalue weighted by molar-refractivity contribution is 5.79. The standard InChI is InChI=1S/C16H28N2O5/c1-12-10-18(13(7-9-19)11-22-5)14(20)6-8-17(12)15(21)23-16(2,3)4/h9,12-13H,6-8,10-11H2,1-5H3/t12-,13+/m1/s1. The highest BCUT2D eigenvalue weighted by atomic mass is 16.6. The number of hydrogen-bond acceptors (Lipinski definition) is 5. The highest BCUT2D eigenvalue weighted by Gasteiger charge is 2.34. The number of rotatable bonds is 5. The summed E-state index contributed by atoms with van der Waals surface area (Å²) in [5.41, 5.74) is -0.580. The summed E-state index contributed by atoms with van der Waals surface area (Å²) < 4.78 is 10.5. The van der Waals surface area contributed by atoms with Gasteiger partial charge in [0.1, 0.15) is 11.9 Å². The molecule has 0 unspecified atom stereocenters. The van der Waals surface area contributed by atoms with E-state index in [0.717, 1.165) is 6.29 Å². The van der Waals surface area contributed by atoms with Gasteiger partial charge in [-0.25, -0.2) is 4.79 Å². The molecular weight excluding hydrogens is 300 g/mol. The summed E-state index contributed by atoms with van der Waals surface area (Å²) in [6.07, 6.45) is 0.804. The Hall–Kier alpha value is -1.63. The number of methoxy groups -OCH3 is 1. The van der Waals surface area contributed by atoms with Crippen LogP contribution >= 0.6 is 0 Å². The maximum Gasteiger partial charge on any atom is 0.410 e. The van der Waals surface area contributed by atoms with Gasteiger partial charge in [0.2, 0.25) is 5.91 Å². The maximum absolute atomic E-state index is 12.4. The monoisotopic (exact) mass is 328 g/mol. The second-order valence-electron chi connectivity index (χ2n) is 6.83. The van der Waals surface area contributed by atoms with E-state index < -0.39 is 11.7 Å². The van der Waals surface area contributed by atoms with Gasteiger partial charge in [0.05, 0.1) is 12.6 Å². The lowest BCUT2D eigenvalue weighted by Crippen LogP contribution is -2.48. The van der Waals surface area contributed by atoms with Crippen molar-refractivity contribution in [3.63, 3.8) is 0 Å². The van der Waals surface area contributed by atoms with Gasteiger partial charge in [0.15, 0.2) is 0 Å². The van der Waals surface area contributed by atoms with Crippen LogP contribution in [-0.4, -0.2) is 72.6 Å². The zero-order valence-electron chi connectivity index (χ0n) is 14.7. The Bertz CT molecular complexity index is 433. The van der Waals surface area contributed by atoms with E-state index >= 15 is 0 Å². The molecule has 0 spiro atoms. The summed E-state index contributed by atoms with van der Waals surface area (Å²) in [6, 6.07) is -0.492. The van der Waals surface area contributed by atoms with Crippen LogP contribution in [0.15, 0.2) is 0 Å². The molecular formula is C16H28N2O5. The van der Waals surface area contributed by atoms with Crippen LogP contribution in [0.2, 0.25) is 0 Å². The van der Waals surface area contributed by atoms with Gasteiger partial charge in [-0.05, 0) is 27.7 Å². The van der Waals surface area contributed by atoms with Crippen molar-refractivity contribution in [2.24, 2.45) is 0 Å². The van der Waals surface area contributed by atoms with Gasteiger partial charge in [-0.15, -0.1) is 0 Å². The number of carbonyl (C=O) groups is 3. The van der Waals surface area contributed by atoms with Crippen molar-refractivity contribution in [2.75, 3.05) is 26.8 Å². The summed E-state index contributed by atoms with van der Waals surface area (Å²) in [7, 11) is 1.54. The molecule has 132 valence electrons. The summed E-state index contributed by atoms with van der Waals surface area (Å²) >= 11 is 0. The molecule has 1 aliphatic heterocycles. The number of ether oxygens (including phenoxy) is 2. The number of nitrogens with zero attached hydrogens (tertiary/aromatic N) is 2. The Labute approximate surface area is 137 Å². The molecule has 7 nitrogen and oxygen atoms in total. The number of carbonyl (C=O) groups excluding carboxylic acids is 3. The molecule has 7 heteroatoms. The number of aldehydes is 1. The molecule has 2 amide bonds. The first-order valence-electron chi connectivity index (χ1n) is 7.91. The zero-order chi connectivity index (χ0) is 17.6. The van der Waals surface area contributed by atoms with Gasteiger partial charge in [0, 0.05) is 39.1 Å². The van der Waals surface area contributed by atoms with Crippen LogP contribution in [-0.2, 0) is 19.1 Å². The van der Waals surface area contributed by atoms with Crippen molar-refractivity contribution in [1.82, 2.24) is 9.80 Å². The van der Waals surface area contributed by atoms with Crippen LogP contribution in [0.5, 0.6) is 0 Å². The molecule has 2 atom stereocenters. The fourth-order valence-electron chi connectivity index (χ4n) is 2.60. The fraction of sp³-hybridized carbons (Fsp3) is 0.812. The van der Waals surface area contributed by atoms with Crippen LogP contribution in [0.3, 0.4) is 0 Å². The van der Waals surface area contributed by atoms with Gasteiger partial charge in [0.25, 0.3) is 0 Å². The van der Waals surface area contributed by atoms with Crippen LogP contribution in [0.4, 0.5) is 4.79 Å². The van der Waals surface area contributed by atoms with Crippen molar-refractivity contribution in [3.8, 4) is 0 Å². The Balaban J connectivity index is 2.85. The first-order chi connectivity index (χ1) is 10.7. The molecule has 0 aromatic heterocycles. The van der Waals surface area contributed by atoms with E-state index in [1.165, 1.54) is 7.11 Å². The molecule has 0 aliphatic carbocycles. The van der Waals surface area contributed by atoms with Crippen molar-refractivity contribution >= 4 is 18.3 Å². The largest absolute Gasteiger partial charge is 0.444 e. The Morgan fingerprint density at radius 3 is 2.61 bits per heavy atom. The van der Waals surface area contributed by atoms with E-state index in [1.54, 1.807) is 9.80 Å². The van der Waals surface area contributed by atoms with E-state index in [9.17, 15) is 14.4 Å². The Kier molecular flexibility index (Phi) is 7.00. The van der Waals surface area contributed by atoms with Crippen molar-refractivity contribution < 1.29 is 23.9 Å². The first kappa shape index (κ1) is 19.4. The molecule has 23 heavy (non-hydrogen) atoms. The summed E-state index contributed by atoms with van der Waals surface area (Å²) in [5.74, 6) is -0.0770. The third-order valence-electron chi connectivity index (χ3n) is 3.68. The predicted molar refractivity (Wildman–Crippen MR) is 85.1 cm³/mol. The van der Waals surface area contributed by atoms with Gasteiger partial charge in [-0.1, -0.05) is 0 Å². The number of hydrogen-bond donors (Lipinski definition) is 0. The first-order valence-corrected chi connectivity index (χ1v) is 7.91. The lowest BCUT2D eigenvalue weighted by molar-refractivity contribution is -0.134. The molecule has 0 N–H and O–H groups in total. The molecule has 1 saturated heterocycles. The van der Waals surface area contributed by atoms with Gasteiger partial charge < -0.3 is 24.1 Å². The molecule has 0 radical (unpaired) electrons. The second-order valence-corrected chi connectivity index (χ2v) is 6.83. The predicted octanol–water partition coefficient (Wildman–Crippen LogP) is 1.45. The average Bonchev–Trinajstić information content (AvgIpc) is 2.56. The van der Waals surface area contributed by atoms with Crippen LogP contribution in [0.25, 0.3) is 0 Å². The Morgan fingerprint density at radius 2 is 2.09 bits per heavy atom. The summed E-state index contributed by atoms with van der Waals surface area (Å²) in [6.45, 7) is 8.27. The average molecular weight is 328 g/mol. The maximum atomic E-state index is 12.4. The van der Waals surface area contributed by atoms with E-state index in [0.29, 0.717) is 19.7 Å². The lowest BCUT2D eigenvalue weighted by Gasteiger charge is -2.33. The smallest absolute Gasteiger partial charge is 0.410 e. The zero-order valence-corrected chi connectivity index (χ0v) is 14.7. The SMILES string of the molecule is COC[C@H](CC=O)N1C[C@@H](C)N(C(=O)OC(C)(C)C)CCC1=O. The van der Waals surface area contributed by atoms with Crippen LogP contribution in [0.1, 0.15) is 40.5 Å². The minimum absolute atomic E-state index is 0.0770. The third-order valence-corrected chi connectivity index (χ3v) is 3.68. The minimum Gasteiger partial charge on any atom is -0.444 e. The van der Waals surface area contributed by atoms with Gasteiger partial charge in [-0.3, -0.25) is 4.79 Å². The molecule has 1 aliphatic rings. The van der Waals surface area contributed by atoms with Crippen molar-refractivity contribution in [3.05, 3.63) is 0 Å². The number of amides is 2. The van der Waals surface area contributed by atoms with Crippen molar-refractivity contribution in [2.45, 2.75) is 58.2 Å². The molecule has 1 fully saturated rings. The van der Waals surface area contributed by atoms with Gasteiger partial charge in [-0.2, -0.15) is 0 Å². The molecule has 0 aromatic carbocycles. The molecule has 0 bridgehead atoms. The summed E-state index contributed by atoms with van der Waals surface area (Å²) in [5, 5.41) is 0. The molecule has 0 saturated carbocycles. The van der Waals surface area contributed by atoms with Gasteiger partial charge >= 0.3 is 6.09 Å². The quantitative estimate of drug-likeness (QED) is 0.714. The van der Waals surface area contributed by atoms with Crippen molar-refractivity contribution in [1.29, 1.82) is 0 Å². The van der Waals surface area contributed by atoms with E-state index in [2.05, 4.69) is 0 Å². The lowest BCUT2D eigenvalue weighted by atomic mass is 10.1. The fourth-order valence-corrected chi connectivity index (χ4v) is 2.60. The minimum atomic E-state index is -0.580. The Morgan fingerprint density at radius 1 is 1.43 bits per heavy atom.